The molecule has 0 amide bonds. The minimum Gasteiger partial charge on any atom is -0.381 e. The van der Waals surface area contributed by atoms with Gasteiger partial charge in [-0.1, -0.05) is 41.5 Å². The monoisotopic (exact) mass is 323 g/mol. The maximum Gasteiger partial charge on any atom is 0.0640 e. The summed E-state index contributed by atoms with van der Waals surface area (Å²) in [6.45, 7) is 16.9. The van der Waals surface area contributed by atoms with Crippen molar-refractivity contribution in [2.45, 2.75) is 66.9 Å². The highest BCUT2D eigenvalue weighted by molar-refractivity contribution is 4.97. The second-order valence-corrected chi connectivity index (χ2v) is 8.83. The van der Waals surface area contributed by atoms with Crippen LogP contribution in [0, 0.1) is 47.8 Å². The third kappa shape index (κ3) is 4.95. The summed E-state index contributed by atoms with van der Waals surface area (Å²) in [5.74, 6) is 4.59. The van der Waals surface area contributed by atoms with E-state index >= 15 is 0 Å². The molecule has 2 aliphatic rings. The minimum absolute atomic E-state index is 0.382. The molecule has 0 aliphatic carbocycles. The molecule has 0 aromatic rings. The van der Waals surface area contributed by atoms with Crippen molar-refractivity contribution in [1.82, 2.24) is 0 Å². The van der Waals surface area contributed by atoms with Gasteiger partial charge in [0.25, 0.3) is 0 Å². The van der Waals surface area contributed by atoms with E-state index in [0.717, 1.165) is 25.7 Å². The molecule has 2 fully saturated rings. The van der Waals surface area contributed by atoms with Crippen LogP contribution in [0.5, 0.6) is 0 Å². The topological polar surface area (TPSA) is 18.5 Å². The lowest BCUT2D eigenvalue weighted by Crippen LogP contribution is -2.41. The quantitative estimate of drug-likeness (QED) is 0.706. The van der Waals surface area contributed by atoms with Crippen LogP contribution in [0.25, 0.3) is 0 Å². The van der Waals surface area contributed by atoms with Crippen molar-refractivity contribution in [1.29, 1.82) is 0 Å². The normalized spacial score (nSPS) is 37.2. The number of hydrogen-bond donors (Lipinski definition) is 0. The van der Waals surface area contributed by atoms with Gasteiger partial charge in [0.2, 0.25) is 0 Å². The van der Waals surface area contributed by atoms with Crippen LogP contribution in [0.3, 0.4) is 0 Å². The summed E-state index contributed by atoms with van der Waals surface area (Å²) in [7, 11) is 0. The van der Waals surface area contributed by atoms with Crippen LogP contribution in [-0.4, -0.2) is 25.9 Å². The fourth-order valence-corrected chi connectivity index (χ4v) is 4.58. The fourth-order valence-electron chi connectivity index (χ4n) is 4.58. The highest BCUT2D eigenvalue weighted by Crippen LogP contribution is 2.41. The molecule has 0 N–H and O–H groups in total. The van der Waals surface area contributed by atoms with E-state index in [4.69, 9.17) is 9.47 Å². The van der Waals surface area contributed by atoms with Gasteiger partial charge in [0.1, 0.15) is 0 Å². The SMILES string of the molecule is CC(C)C1[CH]C(C(C)C)C(C2CCCOCC2C(C)C)OCC1. The molecular weight excluding hydrogens is 284 g/mol. The highest BCUT2D eigenvalue weighted by Gasteiger charge is 2.41. The van der Waals surface area contributed by atoms with E-state index in [1.165, 1.54) is 19.3 Å². The summed E-state index contributed by atoms with van der Waals surface area (Å²) in [5.41, 5.74) is 0. The van der Waals surface area contributed by atoms with Gasteiger partial charge < -0.3 is 9.47 Å². The Kier molecular flexibility index (Phi) is 7.41. The first-order chi connectivity index (χ1) is 10.9. The second kappa shape index (κ2) is 8.85. The zero-order valence-corrected chi connectivity index (χ0v) is 16.3. The van der Waals surface area contributed by atoms with Crippen molar-refractivity contribution >= 4 is 0 Å². The van der Waals surface area contributed by atoms with Crippen LogP contribution < -0.4 is 0 Å². The summed E-state index contributed by atoms with van der Waals surface area (Å²) in [6, 6.07) is 0. The standard InChI is InChI=1S/C21H39O2/c1-14(2)17-9-11-23-21(19(12-17)15(3)4)18-8-7-10-22-13-20(18)16(5)6/h12,14-21H,7-11,13H2,1-6H3. The lowest BCUT2D eigenvalue weighted by Gasteiger charge is -2.39. The third-order valence-corrected chi connectivity index (χ3v) is 6.20. The molecule has 0 aromatic carbocycles. The summed E-state index contributed by atoms with van der Waals surface area (Å²) in [6.07, 6.45) is 6.68. The van der Waals surface area contributed by atoms with Crippen molar-refractivity contribution in [2.75, 3.05) is 19.8 Å². The molecule has 23 heavy (non-hydrogen) atoms. The minimum atomic E-state index is 0.382. The molecule has 2 heterocycles. The molecule has 5 atom stereocenters. The van der Waals surface area contributed by atoms with Crippen molar-refractivity contribution in [3.05, 3.63) is 6.42 Å². The zero-order chi connectivity index (χ0) is 17.0. The van der Waals surface area contributed by atoms with Crippen LogP contribution in [0.1, 0.15) is 60.8 Å². The zero-order valence-electron chi connectivity index (χ0n) is 16.3. The van der Waals surface area contributed by atoms with Crippen molar-refractivity contribution in [3.8, 4) is 0 Å². The Hall–Kier alpha value is -0.0800. The maximum atomic E-state index is 6.55. The fraction of sp³-hybridized carbons (Fsp3) is 0.952. The first-order valence-electron chi connectivity index (χ1n) is 9.96. The molecule has 135 valence electrons. The predicted molar refractivity (Wildman–Crippen MR) is 97.2 cm³/mol. The Morgan fingerprint density at radius 1 is 0.870 bits per heavy atom. The van der Waals surface area contributed by atoms with Crippen LogP contribution in [0.4, 0.5) is 0 Å². The van der Waals surface area contributed by atoms with Gasteiger partial charge in [0, 0.05) is 19.8 Å². The van der Waals surface area contributed by atoms with Gasteiger partial charge in [-0.15, -0.1) is 0 Å². The number of rotatable bonds is 4. The third-order valence-electron chi connectivity index (χ3n) is 6.20. The molecule has 0 aromatic heterocycles. The first-order valence-corrected chi connectivity index (χ1v) is 9.96. The molecule has 2 nitrogen and oxygen atoms in total. The molecule has 1 radical (unpaired) electrons. The van der Waals surface area contributed by atoms with E-state index in [0.29, 0.717) is 41.6 Å². The van der Waals surface area contributed by atoms with Crippen molar-refractivity contribution in [2.24, 2.45) is 41.4 Å². The molecule has 0 bridgehead atoms. The molecule has 2 heteroatoms. The van der Waals surface area contributed by atoms with E-state index < -0.39 is 0 Å². The van der Waals surface area contributed by atoms with Gasteiger partial charge in [-0.05, 0) is 67.1 Å². The number of hydrogen-bond acceptors (Lipinski definition) is 2. The number of ether oxygens (including phenoxy) is 2. The molecule has 2 aliphatic heterocycles. The molecule has 2 saturated heterocycles. The van der Waals surface area contributed by atoms with E-state index in [-0.39, 0.29) is 0 Å². The van der Waals surface area contributed by atoms with Gasteiger partial charge in [-0.25, -0.2) is 0 Å². The molecule has 0 saturated carbocycles. The van der Waals surface area contributed by atoms with E-state index in [9.17, 15) is 0 Å². The highest BCUT2D eigenvalue weighted by atomic mass is 16.5. The van der Waals surface area contributed by atoms with Crippen LogP contribution in [0.2, 0.25) is 0 Å². The lowest BCUT2D eigenvalue weighted by molar-refractivity contribution is -0.0536. The smallest absolute Gasteiger partial charge is 0.0640 e. The summed E-state index contributed by atoms with van der Waals surface area (Å²) >= 11 is 0. The average Bonchev–Trinajstić information content (AvgIpc) is 2.85. The Bertz CT molecular complexity index is 337. The first kappa shape index (κ1) is 19.2. The summed E-state index contributed by atoms with van der Waals surface area (Å²) < 4.78 is 12.5. The summed E-state index contributed by atoms with van der Waals surface area (Å²) in [5, 5.41) is 0. The van der Waals surface area contributed by atoms with E-state index in [1.807, 2.05) is 0 Å². The van der Waals surface area contributed by atoms with Crippen molar-refractivity contribution < 1.29 is 9.47 Å². The van der Waals surface area contributed by atoms with Crippen LogP contribution in [-0.2, 0) is 9.47 Å². The lowest BCUT2D eigenvalue weighted by atomic mass is 9.70. The Balaban J connectivity index is 2.21. The average molecular weight is 324 g/mol. The predicted octanol–water partition coefficient (Wildman–Crippen LogP) is 5.22. The van der Waals surface area contributed by atoms with Crippen molar-refractivity contribution in [3.63, 3.8) is 0 Å². The van der Waals surface area contributed by atoms with Gasteiger partial charge in [-0.2, -0.15) is 0 Å². The molecule has 0 spiro atoms. The molecular formula is C21H39O2. The Morgan fingerprint density at radius 2 is 1.61 bits per heavy atom. The van der Waals surface area contributed by atoms with Gasteiger partial charge in [-0.3, -0.25) is 0 Å². The van der Waals surface area contributed by atoms with Gasteiger partial charge in [0.05, 0.1) is 6.10 Å². The Labute approximate surface area is 144 Å². The van der Waals surface area contributed by atoms with Gasteiger partial charge in [0.15, 0.2) is 0 Å². The van der Waals surface area contributed by atoms with E-state index in [2.05, 4.69) is 48.0 Å². The maximum absolute atomic E-state index is 6.55. The second-order valence-electron chi connectivity index (χ2n) is 8.83. The van der Waals surface area contributed by atoms with Crippen LogP contribution >= 0.6 is 0 Å². The summed E-state index contributed by atoms with van der Waals surface area (Å²) in [4.78, 5) is 0. The van der Waals surface area contributed by atoms with Gasteiger partial charge >= 0.3 is 0 Å². The molecule has 2 rings (SSSR count). The Morgan fingerprint density at radius 3 is 2.22 bits per heavy atom. The molecule has 5 unspecified atom stereocenters. The largest absolute Gasteiger partial charge is 0.381 e. The van der Waals surface area contributed by atoms with E-state index in [1.54, 1.807) is 0 Å². The van der Waals surface area contributed by atoms with Crippen LogP contribution in [0.15, 0.2) is 0 Å².